The highest BCUT2D eigenvalue weighted by atomic mass is 16.5. The van der Waals surface area contributed by atoms with Crippen molar-refractivity contribution >= 4 is 11.8 Å². The van der Waals surface area contributed by atoms with Crippen LogP contribution < -0.4 is 5.32 Å². The topological polar surface area (TPSA) is 75.4 Å². The number of hydrogen-bond acceptors (Lipinski definition) is 4. The van der Waals surface area contributed by atoms with Gasteiger partial charge in [0.15, 0.2) is 5.69 Å². The van der Waals surface area contributed by atoms with Crippen molar-refractivity contribution in [3.05, 3.63) is 17.5 Å². The smallest absolute Gasteiger partial charge is 0.273 e. The lowest BCUT2D eigenvalue weighted by Gasteiger charge is -2.32. The van der Waals surface area contributed by atoms with Crippen molar-refractivity contribution in [3.8, 4) is 0 Å². The molecule has 0 spiro atoms. The number of piperidine rings is 1. The predicted octanol–water partition coefficient (Wildman–Crippen LogP) is 1.11. The monoisotopic (exact) mass is 265 g/mol. The van der Waals surface area contributed by atoms with Gasteiger partial charge in [0.1, 0.15) is 5.76 Å². The standard InChI is InChI=1S/C13H19N3O3/c1-3-12(17)16-6-4-10(5-7-16)14-13(18)11-8-9(2)19-15-11/h8,10H,3-7H2,1-2H3,(H,14,18). The average molecular weight is 265 g/mol. The summed E-state index contributed by atoms with van der Waals surface area (Å²) in [5, 5.41) is 6.61. The zero-order valence-corrected chi connectivity index (χ0v) is 11.3. The van der Waals surface area contributed by atoms with E-state index in [1.165, 1.54) is 0 Å². The van der Waals surface area contributed by atoms with Gasteiger partial charge in [0.2, 0.25) is 5.91 Å². The molecule has 6 nitrogen and oxygen atoms in total. The zero-order valence-electron chi connectivity index (χ0n) is 11.3. The first-order valence-electron chi connectivity index (χ1n) is 6.62. The molecule has 1 fully saturated rings. The van der Waals surface area contributed by atoms with E-state index < -0.39 is 0 Å². The Morgan fingerprint density at radius 3 is 2.68 bits per heavy atom. The quantitative estimate of drug-likeness (QED) is 0.888. The molecule has 1 aliphatic rings. The van der Waals surface area contributed by atoms with Crippen molar-refractivity contribution in [1.29, 1.82) is 0 Å². The molecule has 0 aliphatic carbocycles. The molecular formula is C13H19N3O3. The summed E-state index contributed by atoms with van der Waals surface area (Å²) in [6, 6.07) is 1.72. The van der Waals surface area contributed by atoms with Gasteiger partial charge in [-0.3, -0.25) is 9.59 Å². The van der Waals surface area contributed by atoms with E-state index in [2.05, 4.69) is 10.5 Å². The van der Waals surface area contributed by atoms with E-state index in [4.69, 9.17) is 4.52 Å². The van der Waals surface area contributed by atoms with Crippen LogP contribution in [0, 0.1) is 6.92 Å². The number of amides is 2. The number of rotatable bonds is 3. The van der Waals surface area contributed by atoms with Gasteiger partial charge in [0.25, 0.3) is 5.91 Å². The van der Waals surface area contributed by atoms with Gasteiger partial charge in [0, 0.05) is 31.6 Å². The molecule has 19 heavy (non-hydrogen) atoms. The van der Waals surface area contributed by atoms with Crippen molar-refractivity contribution in [2.24, 2.45) is 0 Å². The normalized spacial score (nSPS) is 16.4. The lowest BCUT2D eigenvalue weighted by atomic mass is 10.0. The first-order valence-corrected chi connectivity index (χ1v) is 6.62. The minimum Gasteiger partial charge on any atom is -0.361 e. The number of likely N-dealkylation sites (tertiary alicyclic amines) is 1. The van der Waals surface area contributed by atoms with Gasteiger partial charge in [-0.1, -0.05) is 12.1 Å². The molecule has 1 aromatic rings. The lowest BCUT2D eigenvalue weighted by molar-refractivity contribution is -0.131. The maximum absolute atomic E-state index is 11.9. The zero-order chi connectivity index (χ0) is 13.8. The van der Waals surface area contributed by atoms with Crippen LogP contribution in [0.3, 0.4) is 0 Å². The Morgan fingerprint density at radius 2 is 2.16 bits per heavy atom. The first kappa shape index (κ1) is 13.6. The summed E-state index contributed by atoms with van der Waals surface area (Å²) in [7, 11) is 0. The minimum absolute atomic E-state index is 0.102. The number of aromatic nitrogens is 1. The summed E-state index contributed by atoms with van der Waals surface area (Å²) in [6.07, 6.45) is 2.11. The highest BCUT2D eigenvalue weighted by molar-refractivity contribution is 5.92. The molecule has 1 aliphatic heterocycles. The van der Waals surface area contributed by atoms with E-state index in [0.29, 0.717) is 31.0 Å². The van der Waals surface area contributed by atoms with Crippen LogP contribution in [0.25, 0.3) is 0 Å². The van der Waals surface area contributed by atoms with Crippen LogP contribution in [-0.2, 0) is 4.79 Å². The molecule has 2 heterocycles. The highest BCUT2D eigenvalue weighted by Crippen LogP contribution is 2.12. The van der Waals surface area contributed by atoms with Crippen LogP contribution in [0.2, 0.25) is 0 Å². The van der Waals surface area contributed by atoms with E-state index in [1.54, 1.807) is 13.0 Å². The summed E-state index contributed by atoms with van der Waals surface area (Å²) in [6.45, 7) is 5.02. The van der Waals surface area contributed by atoms with Crippen molar-refractivity contribution in [2.45, 2.75) is 39.2 Å². The Hall–Kier alpha value is -1.85. The van der Waals surface area contributed by atoms with Crippen LogP contribution in [0.1, 0.15) is 42.4 Å². The third-order valence-corrected chi connectivity index (χ3v) is 3.35. The number of carbonyl (C=O) groups excluding carboxylic acids is 2. The minimum atomic E-state index is -0.211. The van der Waals surface area contributed by atoms with Gasteiger partial charge in [0.05, 0.1) is 0 Å². The number of nitrogens with zero attached hydrogens (tertiary/aromatic N) is 2. The fraction of sp³-hybridized carbons (Fsp3) is 0.615. The maximum atomic E-state index is 11.9. The fourth-order valence-electron chi connectivity index (χ4n) is 2.23. The Balaban J connectivity index is 1.82. The van der Waals surface area contributed by atoms with Gasteiger partial charge in [-0.25, -0.2) is 0 Å². The third-order valence-electron chi connectivity index (χ3n) is 3.35. The van der Waals surface area contributed by atoms with Gasteiger partial charge in [-0.05, 0) is 19.8 Å². The van der Waals surface area contributed by atoms with Crippen LogP contribution in [0.4, 0.5) is 0 Å². The molecule has 0 bridgehead atoms. The van der Waals surface area contributed by atoms with Gasteiger partial charge in [-0.2, -0.15) is 0 Å². The highest BCUT2D eigenvalue weighted by Gasteiger charge is 2.24. The van der Waals surface area contributed by atoms with Gasteiger partial charge >= 0.3 is 0 Å². The van der Waals surface area contributed by atoms with Crippen LogP contribution in [-0.4, -0.2) is 41.0 Å². The summed E-state index contributed by atoms with van der Waals surface area (Å²) >= 11 is 0. The SMILES string of the molecule is CCC(=O)N1CCC(NC(=O)c2cc(C)on2)CC1. The van der Waals surface area contributed by atoms with Gasteiger partial charge < -0.3 is 14.7 Å². The molecule has 0 aromatic carbocycles. The van der Waals surface area contributed by atoms with Crippen LogP contribution in [0.15, 0.2) is 10.6 Å². The summed E-state index contributed by atoms with van der Waals surface area (Å²) < 4.78 is 4.87. The van der Waals surface area contributed by atoms with Crippen molar-refractivity contribution in [2.75, 3.05) is 13.1 Å². The van der Waals surface area contributed by atoms with E-state index in [-0.39, 0.29) is 17.9 Å². The molecule has 2 rings (SSSR count). The van der Waals surface area contributed by atoms with E-state index in [0.717, 1.165) is 12.8 Å². The number of hydrogen-bond donors (Lipinski definition) is 1. The molecular weight excluding hydrogens is 246 g/mol. The molecule has 0 atom stereocenters. The molecule has 1 saturated heterocycles. The van der Waals surface area contributed by atoms with Crippen molar-refractivity contribution < 1.29 is 14.1 Å². The van der Waals surface area contributed by atoms with Gasteiger partial charge in [-0.15, -0.1) is 0 Å². The molecule has 1 aromatic heterocycles. The molecule has 0 unspecified atom stereocenters. The summed E-state index contributed by atoms with van der Waals surface area (Å²) in [4.78, 5) is 25.3. The van der Waals surface area contributed by atoms with E-state index in [1.807, 2.05) is 11.8 Å². The number of aryl methyl sites for hydroxylation is 1. The molecule has 0 radical (unpaired) electrons. The largest absolute Gasteiger partial charge is 0.361 e. The Labute approximate surface area is 112 Å². The maximum Gasteiger partial charge on any atom is 0.273 e. The summed E-state index contributed by atoms with van der Waals surface area (Å²) in [5.41, 5.74) is 0.310. The molecule has 1 N–H and O–H groups in total. The Morgan fingerprint density at radius 1 is 1.47 bits per heavy atom. The second kappa shape index (κ2) is 5.86. The number of nitrogens with one attached hydrogen (secondary N) is 1. The van der Waals surface area contributed by atoms with Crippen molar-refractivity contribution in [1.82, 2.24) is 15.4 Å². The van der Waals surface area contributed by atoms with Crippen LogP contribution in [0.5, 0.6) is 0 Å². The Bertz CT molecular complexity index is 461. The van der Waals surface area contributed by atoms with Crippen molar-refractivity contribution in [3.63, 3.8) is 0 Å². The number of carbonyl (C=O) groups is 2. The molecule has 104 valence electrons. The molecule has 2 amide bonds. The first-order chi connectivity index (χ1) is 9.10. The van der Waals surface area contributed by atoms with E-state index >= 15 is 0 Å². The average Bonchev–Trinajstić information content (AvgIpc) is 2.85. The third kappa shape index (κ3) is 3.33. The van der Waals surface area contributed by atoms with Crippen LogP contribution >= 0.6 is 0 Å². The Kier molecular flexibility index (Phi) is 4.19. The predicted molar refractivity (Wildman–Crippen MR) is 68.6 cm³/mol. The second-order valence-electron chi connectivity index (χ2n) is 4.80. The molecule has 0 saturated carbocycles. The molecule has 6 heteroatoms. The van der Waals surface area contributed by atoms with E-state index in [9.17, 15) is 9.59 Å². The fourth-order valence-corrected chi connectivity index (χ4v) is 2.23. The second-order valence-corrected chi connectivity index (χ2v) is 4.80. The lowest BCUT2D eigenvalue weighted by Crippen LogP contribution is -2.46. The summed E-state index contributed by atoms with van der Waals surface area (Å²) in [5.74, 6) is 0.586.